The maximum atomic E-state index is 13.1. The van der Waals surface area contributed by atoms with E-state index in [0.717, 1.165) is 26.2 Å². The Kier molecular flexibility index (Phi) is 4.61. The highest BCUT2D eigenvalue weighted by molar-refractivity contribution is 6.30. The molecule has 0 bridgehead atoms. The van der Waals surface area contributed by atoms with Gasteiger partial charge in [0.2, 0.25) is 5.91 Å². The average molecular weight is 286 g/mol. The number of benzene rings is 1. The molecule has 1 heterocycles. The van der Waals surface area contributed by atoms with Crippen LogP contribution in [0.5, 0.6) is 0 Å². The van der Waals surface area contributed by atoms with Crippen LogP contribution >= 0.6 is 11.6 Å². The van der Waals surface area contributed by atoms with Crippen LogP contribution in [-0.4, -0.2) is 55.5 Å². The molecule has 1 aromatic rings. The Morgan fingerprint density at radius 1 is 1.32 bits per heavy atom. The summed E-state index contributed by atoms with van der Waals surface area (Å²) in [6.45, 7) is 3.40. The minimum Gasteiger partial charge on any atom is -0.376 e. The Labute approximate surface area is 117 Å². The lowest BCUT2D eigenvalue weighted by atomic mass is 10.3. The van der Waals surface area contributed by atoms with Crippen LogP contribution < -0.4 is 5.32 Å². The normalized spacial score (nSPS) is 16.5. The molecule has 1 aliphatic heterocycles. The predicted octanol–water partition coefficient (Wildman–Crippen LogP) is 1.66. The summed E-state index contributed by atoms with van der Waals surface area (Å²) in [5.41, 5.74) is 0.521. The second-order valence-corrected chi connectivity index (χ2v) is 5.13. The molecule has 104 valence electrons. The minimum atomic E-state index is -0.415. The molecule has 1 aromatic carbocycles. The number of rotatable bonds is 3. The van der Waals surface area contributed by atoms with Crippen molar-refractivity contribution in [2.45, 2.75) is 0 Å². The van der Waals surface area contributed by atoms with Gasteiger partial charge in [0.15, 0.2) is 0 Å². The van der Waals surface area contributed by atoms with E-state index in [4.69, 9.17) is 11.6 Å². The van der Waals surface area contributed by atoms with Gasteiger partial charge in [-0.2, -0.15) is 0 Å². The number of halogens is 2. The number of nitrogens with one attached hydrogen (secondary N) is 1. The molecule has 0 radical (unpaired) electrons. The second kappa shape index (κ2) is 6.21. The molecular weight excluding hydrogens is 269 g/mol. The fourth-order valence-corrected chi connectivity index (χ4v) is 2.22. The highest BCUT2D eigenvalue weighted by Crippen LogP contribution is 2.17. The highest BCUT2D eigenvalue weighted by Gasteiger charge is 2.18. The van der Waals surface area contributed by atoms with E-state index < -0.39 is 5.82 Å². The van der Waals surface area contributed by atoms with Crippen LogP contribution in [0.1, 0.15) is 0 Å². The van der Waals surface area contributed by atoms with E-state index in [-0.39, 0.29) is 12.5 Å². The zero-order chi connectivity index (χ0) is 13.8. The number of carbonyl (C=O) groups is 1. The van der Waals surface area contributed by atoms with Crippen LogP contribution in [0.2, 0.25) is 5.02 Å². The largest absolute Gasteiger partial charge is 0.376 e. The summed E-state index contributed by atoms with van der Waals surface area (Å²) in [4.78, 5) is 16.0. The lowest BCUT2D eigenvalue weighted by Gasteiger charge is -2.32. The molecular formula is C13H17ClFN3O. The molecule has 4 nitrogen and oxygen atoms in total. The summed E-state index contributed by atoms with van der Waals surface area (Å²) in [6.07, 6.45) is 0. The summed E-state index contributed by atoms with van der Waals surface area (Å²) in [5, 5.41) is 3.22. The van der Waals surface area contributed by atoms with Crippen molar-refractivity contribution in [2.75, 3.05) is 45.1 Å². The van der Waals surface area contributed by atoms with Crippen molar-refractivity contribution >= 4 is 23.2 Å². The molecule has 2 rings (SSSR count). The molecule has 1 aliphatic rings. The second-order valence-electron chi connectivity index (χ2n) is 4.70. The Balaban J connectivity index is 1.86. The van der Waals surface area contributed by atoms with Crippen molar-refractivity contribution in [2.24, 2.45) is 0 Å². The lowest BCUT2D eigenvalue weighted by molar-refractivity contribution is -0.130. The van der Waals surface area contributed by atoms with Crippen molar-refractivity contribution in [3.8, 4) is 0 Å². The molecule has 0 aliphatic carbocycles. The summed E-state index contributed by atoms with van der Waals surface area (Å²) >= 11 is 5.75. The van der Waals surface area contributed by atoms with Crippen LogP contribution in [-0.2, 0) is 4.79 Å². The predicted molar refractivity (Wildman–Crippen MR) is 74.0 cm³/mol. The Hall–Kier alpha value is -1.33. The van der Waals surface area contributed by atoms with Gasteiger partial charge < -0.3 is 15.1 Å². The van der Waals surface area contributed by atoms with Gasteiger partial charge >= 0.3 is 0 Å². The first kappa shape index (κ1) is 14.1. The molecule has 6 heteroatoms. The first-order valence-corrected chi connectivity index (χ1v) is 6.58. The van der Waals surface area contributed by atoms with E-state index in [2.05, 4.69) is 10.2 Å². The number of amides is 1. The van der Waals surface area contributed by atoms with Crippen LogP contribution in [0.15, 0.2) is 18.2 Å². The van der Waals surface area contributed by atoms with E-state index in [1.807, 2.05) is 11.9 Å². The molecule has 19 heavy (non-hydrogen) atoms. The van der Waals surface area contributed by atoms with Gasteiger partial charge in [-0.25, -0.2) is 4.39 Å². The van der Waals surface area contributed by atoms with E-state index in [9.17, 15) is 9.18 Å². The van der Waals surface area contributed by atoms with Gasteiger partial charge in [0, 0.05) is 36.9 Å². The fourth-order valence-electron chi connectivity index (χ4n) is 2.00. The standard InChI is InChI=1S/C13H17ClFN3O/c1-17-2-4-18(5-3-17)13(19)9-16-12-7-10(14)6-11(15)8-12/h6-8,16H,2-5,9H2,1H3. The first-order valence-electron chi connectivity index (χ1n) is 6.21. The third-order valence-electron chi connectivity index (χ3n) is 3.16. The van der Waals surface area contributed by atoms with Crippen molar-refractivity contribution in [3.63, 3.8) is 0 Å². The fraction of sp³-hybridized carbons (Fsp3) is 0.462. The molecule has 1 saturated heterocycles. The van der Waals surface area contributed by atoms with Crippen molar-refractivity contribution in [3.05, 3.63) is 29.0 Å². The van der Waals surface area contributed by atoms with Crippen LogP contribution in [0, 0.1) is 5.82 Å². The summed E-state index contributed by atoms with van der Waals surface area (Å²) in [7, 11) is 2.04. The molecule has 1 N–H and O–H groups in total. The van der Waals surface area contributed by atoms with Crippen molar-refractivity contribution < 1.29 is 9.18 Å². The summed E-state index contributed by atoms with van der Waals surface area (Å²) in [5.74, 6) is -0.393. The zero-order valence-electron chi connectivity index (χ0n) is 10.8. The van der Waals surface area contributed by atoms with Crippen molar-refractivity contribution in [1.82, 2.24) is 9.80 Å². The Morgan fingerprint density at radius 3 is 2.63 bits per heavy atom. The van der Waals surface area contributed by atoms with Crippen LogP contribution in [0.3, 0.4) is 0 Å². The van der Waals surface area contributed by atoms with Crippen LogP contribution in [0.4, 0.5) is 10.1 Å². The molecule has 0 saturated carbocycles. The van der Waals surface area contributed by atoms with E-state index >= 15 is 0 Å². The van der Waals surface area contributed by atoms with E-state index in [0.29, 0.717) is 10.7 Å². The SMILES string of the molecule is CN1CCN(C(=O)CNc2cc(F)cc(Cl)c2)CC1. The Morgan fingerprint density at radius 2 is 2.00 bits per heavy atom. The molecule has 0 spiro atoms. The third-order valence-corrected chi connectivity index (χ3v) is 3.38. The number of likely N-dealkylation sites (N-methyl/N-ethyl adjacent to an activating group) is 1. The topological polar surface area (TPSA) is 35.6 Å². The minimum absolute atomic E-state index is 0.0217. The van der Waals surface area contributed by atoms with E-state index in [1.54, 1.807) is 6.07 Å². The Bertz CT molecular complexity index is 441. The van der Waals surface area contributed by atoms with Gasteiger partial charge in [-0.05, 0) is 25.2 Å². The van der Waals surface area contributed by atoms with Gasteiger partial charge in [0.05, 0.1) is 6.54 Å². The third kappa shape index (κ3) is 4.08. The number of piperazine rings is 1. The summed E-state index contributed by atoms with van der Waals surface area (Å²) in [6, 6.07) is 4.15. The zero-order valence-corrected chi connectivity index (χ0v) is 11.6. The molecule has 1 amide bonds. The summed E-state index contributed by atoms with van der Waals surface area (Å²) < 4.78 is 13.1. The number of hydrogen-bond donors (Lipinski definition) is 1. The monoisotopic (exact) mass is 285 g/mol. The number of carbonyl (C=O) groups excluding carboxylic acids is 1. The molecule has 0 aromatic heterocycles. The smallest absolute Gasteiger partial charge is 0.241 e. The number of nitrogens with zero attached hydrogens (tertiary/aromatic N) is 2. The number of hydrogen-bond acceptors (Lipinski definition) is 3. The molecule has 0 atom stereocenters. The highest BCUT2D eigenvalue weighted by atomic mass is 35.5. The van der Waals surface area contributed by atoms with Gasteiger partial charge in [0.25, 0.3) is 0 Å². The average Bonchev–Trinajstić information content (AvgIpc) is 2.36. The first-order chi connectivity index (χ1) is 9.04. The maximum Gasteiger partial charge on any atom is 0.241 e. The van der Waals surface area contributed by atoms with Crippen LogP contribution in [0.25, 0.3) is 0 Å². The van der Waals surface area contributed by atoms with Gasteiger partial charge in [0.1, 0.15) is 5.82 Å². The quantitative estimate of drug-likeness (QED) is 0.918. The molecule has 1 fully saturated rings. The molecule has 0 unspecified atom stereocenters. The van der Waals surface area contributed by atoms with Gasteiger partial charge in [-0.3, -0.25) is 4.79 Å². The van der Waals surface area contributed by atoms with Gasteiger partial charge in [-0.15, -0.1) is 0 Å². The maximum absolute atomic E-state index is 13.1. The van der Waals surface area contributed by atoms with Crippen molar-refractivity contribution in [1.29, 1.82) is 0 Å². The van der Waals surface area contributed by atoms with E-state index in [1.165, 1.54) is 12.1 Å². The van der Waals surface area contributed by atoms with Gasteiger partial charge in [-0.1, -0.05) is 11.6 Å². The lowest BCUT2D eigenvalue weighted by Crippen LogP contribution is -2.48. The number of anilines is 1.